The second-order valence-electron chi connectivity index (χ2n) is 4.71. The van der Waals surface area contributed by atoms with Crippen LogP contribution in [0, 0.1) is 0 Å². The van der Waals surface area contributed by atoms with E-state index < -0.39 is 0 Å². The Bertz CT molecular complexity index is 449. The minimum atomic E-state index is -0.224. The Morgan fingerprint density at radius 2 is 2.16 bits per heavy atom. The van der Waals surface area contributed by atoms with Gasteiger partial charge in [-0.05, 0) is 0 Å². The van der Waals surface area contributed by atoms with E-state index >= 15 is 0 Å². The maximum absolute atomic E-state index is 11.6. The standard InChI is InChI=1S/C12H19N5OS/c1-9(2)10-15-16-12(19-10)14-11(18)13-5-8-17-6-3-4-7-17/h3-4,9H,5-8H2,1-2H3,(H2,13,14,16,18). The summed E-state index contributed by atoms with van der Waals surface area (Å²) in [4.78, 5) is 13.9. The van der Waals surface area contributed by atoms with Crippen molar-refractivity contribution in [2.75, 3.05) is 31.5 Å². The minimum absolute atomic E-state index is 0.224. The molecular formula is C12H19N5OS. The SMILES string of the molecule is CC(C)c1nnc(NC(=O)NCCN2CC=CC2)s1. The van der Waals surface area contributed by atoms with E-state index in [1.165, 1.54) is 11.3 Å². The Morgan fingerprint density at radius 1 is 1.42 bits per heavy atom. The van der Waals surface area contributed by atoms with Crippen molar-refractivity contribution in [3.8, 4) is 0 Å². The van der Waals surface area contributed by atoms with Gasteiger partial charge in [0.25, 0.3) is 0 Å². The van der Waals surface area contributed by atoms with Gasteiger partial charge in [0.1, 0.15) is 5.01 Å². The molecule has 0 bridgehead atoms. The van der Waals surface area contributed by atoms with E-state index in [0.717, 1.165) is 24.6 Å². The average molecular weight is 281 g/mol. The highest BCUT2D eigenvalue weighted by Gasteiger charge is 2.10. The average Bonchev–Trinajstić information content (AvgIpc) is 3.00. The second kappa shape index (κ2) is 6.63. The van der Waals surface area contributed by atoms with Gasteiger partial charge in [-0.25, -0.2) is 4.79 Å². The number of aromatic nitrogens is 2. The molecule has 2 amide bonds. The first-order chi connectivity index (χ1) is 9.15. The van der Waals surface area contributed by atoms with E-state index in [9.17, 15) is 4.79 Å². The van der Waals surface area contributed by atoms with Gasteiger partial charge >= 0.3 is 6.03 Å². The molecule has 1 aromatic rings. The molecule has 104 valence electrons. The van der Waals surface area contributed by atoms with Crippen molar-refractivity contribution >= 4 is 22.5 Å². The molecule has 0 aliphatic carbocycles. The van der Waals surface area contributed by atoms with E-state index in [4.69, 9.17) is 0 Å². The van der Waals surface area contributed by atoms with Crippen molar-refractivity contribution in [2.24, 2.45) is 0 Å². The van der Waals surface area contributed by atoms with Gasteiger partial charge in [-0.1, -0.05) is 37.3 Å². The van der Waals surface area contributed by atoms with Crippen LogP contribution in [0.25, 0.3) is 0 Å². The van der Waals surface area contributed by atoms with Crippen LogP contribution in [0.15, 0.2) is 12.2 Å². The predicted octanol–water partition coefficient (Wildman–Crippen LogP) is 1.65. The van der Waals surface area contributed by atoms with Crippen LogP contribution >= 0.6 is 11.3 Å². The van der Waals surface area contributed by atoms with Crippen LogP contribution in [0.3, 0.4) is 0 Å². The first kappa shape index (κ1) is 14.0. The summed E-state index contributed by atoms with van der Waals surface area (Å²) in [5.41, 5.74) is 0. The molecule has 19 heavy (non-hydrogen) atoms. The third-order valence-corrected chi connectivity index (χ3v) is 3.90. The fourth-order valence-corrected chi connectivity index (χ4v) is 2.43. The van der Waals surface area contributed by atoms with Crippen LogP contribution in [0.5, 0.6) is 0 Å². The lowest BCUT2D eigenvalue weighted by Gasteiger charge is -2.14. The highest BCUT2D eigenvalue weighted by atomic mass is 32.1. The molecule has 0 saturated carbocycles. The maximum Gasteiger partial charge on any atom is 0.321 e. The molecule has 0 atom stereocenters. The maximum atomic E-state index is 11.6. The van der Waals surface area contributed by atoms with Gasteiger partial charge < -0.3 is 5.32 Å². The molecule has 1 aromatic heterocycles. The van der Waals surface area contributed by atoms with Crippen LogP contribution in [0.4, 0.5) is 9.93 Å². The van der Waals surface area contributed by atoms with Gasteiger partial charge in [-0.3, -0.25) is 10.2 Å². The van der Waals surface area contributed by atoms with E-state index in [1.54, 1.807) is 0 Å². The van der Waals surface area contributed by atoms with Crippen LogP contribution in [0.2, 0.25) is 0 Å². The zero-order valence-electron chi connectivity index (χ0n) is 11.2. The molecule has 0 radical (unpaired) electrons. The zero-order chi connectivity index (χ0) is 13.7. The molecule has 1 aliphatic heterocycles. The van der Waals surface area contributed by atoms with E-state index in [1.807, 2.05) is 0 Å². The van der Waals surface area contributed by atoms with Crippen molar-refractivity contribution in [1.29, 1.82) is 0 Å². The lowest BCUT2D eigenvalue weighted by Crippen LogP contribution is -2.36. The van der Waals surface area contributed by atoms with Gasteiger partial charge in [0.05, 0.1) is 0 Å². The van der Waals surface area contributed by atoms with Crippen LogP contribution < -0.4 is 10.6 Å². The van der Waals surface area contributed by atoms with E-state index in [-0.39, 0.29) is 6.03 Å². The number of urea groups is 1. The molecule has 6 nitrogen and oxygen atoms in total. The Kier molecular flexibility index (Phi) is 4.86. The molecule has 7 heteroatoms. The number of rotatable bonds is 5. The van der Waals surface area contributed by atoms with Gasteiger partial charge in [0.2, 0.25) is 5.13 Å². The molecule has 0 spiro atoms. The summed E-state index contributed by atoms with van der Waals surface area (Å²) in [6, 6.07) is -0.224. The summed E-state index contributed by atoms with van der Waals surface area (Å²) in [6.07, 6.45) is 4.27. The molecule has 2 rings (SSSR count). The third kappa shape index (κ3) is 4.29. The topological polar surface area (TPSA) is 70.1 Å². The Morgan fingerprint density at radius 3 is 2.79 bits per heavy atom. The predicted molar refractivity (Wildman–Crippen MR) is 76.6 cm³/mol. The van der Waals surface area contributed by atoms with Crippen molar-refractivity contribution in [2.45, 2.75) is 19.8 Å². The number of nitrogens with zero attached hydrogens (tertiary/aromatic N) is 3. The van der Waals surface area contributed by atoms with Crippen LogP contribution in [-0.4, -0.2) is 47.3 Å². The van der Waals surface area contributed by atoms with Crippen molar-refractivity contribution < 1.29 is 4.79 Å². The fourth-order valence-electron chi connectivity index (χ4n) is 1.69. The largest absolute Gasteiger partial charge is 0.337 e. The third-order valence-electron chi connectivity index (χ3n) is 2.76. The lowest BCUT2D eigenvalue weighted by molar-refractivity contribution is 0.249. The monoisotopic (exact) mass is 281 g/mol. The number of hydrogen-bond acceptors (Lipinski definition) is 5. The normalized spacial score (nSPS) is 15.1. The second-order valence-corrected chi connectivity index (χ2v) is 5.72. The summed E-state index contributed by atoms with van der Waals surface area (Å²) < 4.78 is 0. The van der Waals surface area contributed by atoms with Gasteiger partial charge in [0, 0.05) is 32.1 Å². The molecule has 0 unspecified atom stereocenters. The van der Waals surface area contributed by atoms with Crippen molar-refractivity contribution in [1.82, 2.24) is 20.4 Å². The lowest BCUT2D eigenvalue weighted by atomic mass is 10.2. The van der Waals surface area contributed by atoms with Crippen molar-refractivity contribution in [3.63, 3.8) is 0 Å². The smallest absolute Gasteiger partial charge is 0.321 e. The highest BCUT2D eigenvalue weighted by Crippen LogP contribution is 2.21. The van der Waals surface area contributed by atoms with Crippen molar-refractivity contribution in [3.05, 3.63) is 17.2 Å². The first-order valence-electron chi connectivity index (χ1n) is 6.41. The van der Waals surface area contributed by atoms with Gasteiger partial charge in [-0.15, -0.1) is 10.2 Å². The molecule has 0 fully saturated rings. The summed E-state index contributed by atoms with van der Waals surface area (Å²) in [5, 5.41) is 15.0. The zero-order valence-corrected chi connectivity index (χ0v) is 12.0. The molecule has 2 heterocycles. The van der Waals surface area contributed by atoms with Gasteiger partial charge in [0.15, 0.2) is 0 Å². The number of carbonyl (C=O) groups is 1. The summed E-state index contributed by atoms with van der Waals surface area (Å²) >= 11 is 1.41. The summed E-state index contributed by atoms with van der Waals surface area (Å²) in [7, 11) is 0. The van der Waals surface area contributed by atoms with Crippen LogP contribution in [-0.2, 0) is 0 Å². The molecular weight excluding hydrogens is 262 g/mol. The molecule has 0 saturated heterocycles. The number of nitrogens with one attached hydrogen (secondary N) is 2. The molecule has 0 aromatic carbocycles. The van der Waals surface area contributed by atoms with E-state index in [2.05, 4.69) is 51.7 Å². The highest BCUT2D eigenvalue weighted by molar-refractivity contribution is 7.15. The molecule has 2 N–H and O–H groups in total. The fraction of sp³-hybridized carbons (Fsp3) is 0.583. The quantitative estimate of drug-likeness (QED) is 0.805. The summed E-state index contributed by atoms with van der Waals surface area (Å²) in [6.45, 7) is 7.52. The number of carbonyl (C=O) groups excluding carboxylic acids is 1. The Hall–Kier alpha value is -1.47. The Labute approximate surface area is 116 Å². The van der Waals surface area contributed by atoms with E-state index in [0.29, 0.717) is 17.6 Å². The minimum Gasteiger partial charge on any atom is -0.337 e. The van der Waals surface area contributed by atoms with Crippen LogP contribution in [0.1, 0.15) is 24.8 Å². The molecule has 1 aliphatic rings. The Balaban J connectivity index is 1.68. The summed E-state index contributed by atoms with van der Waals surface area (Å²) in [5.74, 6) is 0.332. The number of hydrogen-bond donors (Lipinski definition) is 2. The van der Waals surface area contributed by atoms with Gasteiger partial charge in [-0.2, -0.15) is 0 Å². The number of anilines is 1. The first-order valence-corrected chi connectivity index (χ1v) is 7.22. The number of amides is 2.